The fourth-order valence-electron chi connectivity index (χ4n) is 3.79. The largest absolute Gasteiger partial charge is 0.370 e. The van der Waals surface area contributed by atoms with E-state index in [9.17, 15) is 4.79 Å². The third-order valence-electron chi connectivity index (χ3n) is 5.33. The topological polar surface area (TPSA) is 76.0 Å². The first-order chi connectivity index (χ1) is 14.2. The molecule has 0 saturated carbocycles. The van der Waals surface area contributed by atoms with Crippen molar-refractivity contribution in [1.82, 2.24) is 19.7 Å². The second kappa shape index (κ2) is 7.18. The number of benzene rings is 2. The molecular formula is C22H21N5O2. The molecule has 1 fully saturated rings. The van der Waals surface area contributed by atoms with E-state index in [-0.39, 0.29) is 11.7 Å². The van der Waals surface area contributed by atoms with Crippen molar-refractivity contribution in [3.63, 3.8) is 0 Å². The molecule has 1 aliphatic heterocycles. The summed E-state index contributed by atoms with van der Waals surface area (Å²) in [5.74, 6) is 0.544. The Labute approximate surface area is 167 Å². The van der Waals surface area contributed by atoms with Gasteiger partial charge in [0.25, 0.3) is 5.56 Å². The Morgan fingerprint density at radius 3 is 2.72 bits per heavy atom. The van der Waals surface area contributed by atoms with Crippen molar-refractivity contribution in [3.05, 3.63) is 82.3 Å². The van der Waals surface area contributed by atoms with Crippen molar-refractivity contribution in [2.75, 3.05) is 24.6 Å². The molecule has 5 rings (SSSR count). The summed E-state index contributed by atoms with van der Waals surface area (Å²) in [6.07, 6.45) is 1.50. The Morgan fingerprint density at radius 1 is 1.10 bits per heavy atom. The van der Waals surface area contributed by atoms with Gasteiger partial charge in [-0.1, -0.05) is 42.5 Å². The zero-order chi connectivity index (χ0) is 19.8. The van der Waals surface area contributed by atoms with E-state index in [4.69, 9.17) is 9.72 Å². The van der Waals surface area contributed by atoms with Gasteiger partial charge >= 0.3 is 0 Å². The minimum atomic E-state index is -0.189. The number of H-pyrrole nitrogens is 1. The number of anilines is 1. The van der Waals surface area contributed by atoms with Crippen LogP contribution in [-0.2, 0) is 4.74 Å². The number of aromatic nitrogens is 4. The third-order valence-corrected chi connectivity index (χ3v) is 5.33. The van der Waals surface area contributed by atoms with Gasteiger partial charge in [0.1, 0.15) is 11.5 Å². The van der Waals surface area contributed by atoms with Crippen LogP contribution in [0, 0.1) is 6.92 Å². The smallest absolute Gasteiger partial charge is 0.263 e. The zero-order valence-corrected chi connectivity index (χ0v) is 16.1. The van der Waals surface area contributed by atoms with E-state index in [2.05, 4.69) is 34.0 Å². The van der Waals surface area contributed by atoms with E-state index in [0.717, 1.165) is 11.3 Å². The van der Waals surface area contributed by atoms with E-state index >= 15 is 0 Å². The Balaban J connectivity index is 1.53. The van der Waals surface area contributed by atoms with Gasteiger partial charge < -0.3 is 9.64 Å². The van der Waals surface area contributed by atoms with Gasteiger partial charge in [0, 0.05) is 6.54 Å². The average Bonchev–Trinajstić information content (AvgIpc) is 3.19. The van der Waals surface area contributed by atoms with Crippen LogP contribution >= 0.6 is 0 Å². The predicted octanol–water partition coefficient (Wildman–Crippen LogP) is 3.00. The molecule has 0 aliphatic carbocycles. The number of nitrogens with zero attached hydrogens (tertiary/aromatic N) is 4. The molecule has 146 valence electrons. The highest BCUT2D eigenvalue weighted by molar-refractivity contribution is 5.76. The summed E-state index contributed by atoms with van der Waals surface area (Å²) in [6, 6.07) is 17.9. The highest BCUT2D eigenvalue weighted by Gasteiger charge is 2.25. The Hall–Kier alpha value is -3.45. The van der Waals surface area contributed by atoms with Crippen LogP contribution in [0.25, 0.3) is 16.7 Å². The first-order valence-electron chi connectivity index (χ1n) is 9.66. The average molecular weight is 387 g/mol. The molecule has 1 N–H and O–H groups in total. The molecule has 4 aromatic rings. The lowest BCUT2D eigenvalue weighted by Crippen LogP contribution is -2.40. The van der Waals surface area contributed by atoms with Gasteiger partial charge in [0.15, 0.2) is 5.65 Å². The summed E-state index contributed by atoms with van der Waals surface area (Å²) < 4.78 is 7.72. The van der Waals surface area contributed by atoms with Crippen LogP contribution < -0.4 is 10.5 Å². The second-order valence-corrected chi connectivity index (χ2v) is 7.18. The Morgan fingerprint density at radius 2 is 1.90 bits per heavy atom. The number of ether oxygens (including phenoxy) is 1. The summed E-state index contributed by atoms with van der Waals surface area (Å²) in [5, 5.41) is 4.85. The summed E-state index contributed by atoms with van der Waals surface area (Å²) in [4.78, 5) is 22.4. The molecule has 2 aromatic heterocycles. The summed E-state index contributed by atoms with van der Waals surface area (Å²) in [6.45, 7) is 3.94. The van der Waals surface area contributed by atoms with Gasteiger partial charge in [-0.25, -0.2) is 4.68 Å². The van der Waals surface area contributed by atoms with Crippen molar-refractivity contribution in [2.45, 2.75) is 13.0 Å². The van der Waals surface area contributed by atoms with Gasteiger partial charge in [-0.15, -0.1) is 0 Å². The molecule has 1 atom stereocenters. The molecule has 1 aliphatic rings. The SMILES string of the molecule is Cc1ccccc1C1CN(c2nc3c(cnn3-c3ccccc3)c(=O)[nH]2)CCO1. The number of nitrogens with one attached hydrogen (secondary N) is 1. The van der Waals surface area contributed by atoms with Crippen molar-refractivity contribution in [2.24, 2.45) is 0 Å². The summed E-state index contributed by atoms with van der Waals surface area (Å²) in [5.41, 5.74) is 3.58. The van der Waals surface area contributed by atoms with Gasteiger partial charge in [0.2, 0.25) is 5.95 Å². The molecule has 29 heavy (non-hydrogen) atoms. The molecule has 2 aromatic carbocycles. The van der Waals surface area contributed by atoms with E-state index < -0.39 is 0 Å². The van der Waals surface area contributed by atoms with Crippen molar-refractivity contribution < 1.29 is 4.74 Å². The molecule has 0 radical (unpaired) electrons. The Kier molecular flexibility index (Phi) is 4.37. The number of para-hydroxylation sites is 1. The highest BCUT2D eigenvalue weighted by atomic mass is 16.5. The van der Waals surface area contributed by atoms with Crippen LogP contribution in [0.2, 0.25) is 0 Å². The summed E-state index contributed by atoms with van der Waals surface area (Å²) in [7, 11) is 0. The van der Waals surface area contributed by atoms with Gasteiger partial charge in [0.05, 0.1) is 25.0 Å². The molecule has 0 bridgehead atoms. The molecule has 1 saturated heterocycles. The number of aryl methyl sites for hydroxylation is 1. The van der Waals surface area contributed by atoms with Crippen LogP contribution in [0.4, 0.5) is 5.95 Å². The minimum Gasteiger partial charge on any atom is -0.370 e. The number of hydrogen-bond donors (Lipinski definition) is 1. The lowest BCUT2D eigenvalue weighted by atomic mass is 10.0. The number of rotatable bonds is 3. The molecule has 0 amide bonds. The van der Waals surface area contributed by atoms with Crippen LogP contribution in [0.5, 0.6) is 0 Å². The van der Waals surface area contributed by atoms with E-state index in [1.165, 1.54) is 5.56 Å². The summed E-state index contributed by atoms with van der Waals surface area (Å²) >= 11 is 0. The third kappa shape index (κ3) is 3.19. The van der Waals surface area contributed by atoms with Crippen LogP contribution in [-0.4, -0.2) is 39.4 Å². The monoisotopic (exact) mass is 387 g/mol. The van der Waals surface area contributed by atoms with E-state index in [1.54, 1.807) is 10.9 Å². The number of morpholine rings is 1. The van der Waals surface area contributed by atoms with Crippen molar-refractivity contribution in [3.8, 4) is 5.69 Å². The maximum atomic E-state index is 12.7. The van der Waals surface area contributed by atoms with Gasteiger partial charge in [-0.2, -0.15) is 10.1 Å². The van der Waals surface area contributed by atoms with Crippen LogP contribution in [0.3, 0.4) is 0 Å². The van der Waals surface area contributed by atoms with Crippen LogP contribution in [0.1, 0.15) is 17.2 Å². The normalized spacial score (nSPS) is 17.0. The van der Waals surface area contributed by atoms with Gasteiger partial charge in [-0.3, -0.25) is 9.78 Å². The molecule has 7 heteroatoms. The fraction of sp³-hybridized carbons (Fsp3) is 0.227. The standard InChI is InChI=1S/C22H21N5O2/c1-15-7-5-6-10-17(15)19-14-26(11-12-29-19)22-24-20-18(21(28)25-22)13-23-27(20)16-8-3-2-4-9-16/h2-10,13,19H,11-12,14H2,1H3,(H,24,25,28). The maximum absolute atomic E-state index is 12.7. The van der Waals surface area contributed by atoms with E-state index in [1.807, 2.05) is 42.5 Å². The second-order valence-electron chi connectivity index (χ2n) is 7.18. The lowest BCUT2D eigenvalue weighted by Gasteiger charge is -2.34. The number of hydrogen-bond acceptors (Lipinski definition) is 5. The number of aromatic amines is 1. The minimum absolute atomic E-state index is 0.0648. The van der Waals surface area contributed by atoms with Crippen molar-refractivity contribution in [1.29, 1.82) is 0 Å². The molecule has 0 spiro atoms. The molecule has 1 unspecified atom stereocenters. The molecular weight excluding hydrogens is 366 g/mol. The first kappa shape index (κ1) is 17.6. The zero-order valence-electron chi connectivity index (χ0n) is 16.1. The first-order valence-corrected chi connectivity index (χ1v) is 9.66. The fourth-order valence-corrected chi connectivity index (χ4v) is 3.79. The highest BCUT2D eigenvalue weighted by Crippen LogP contribution is 2.27. The molecule has 3 heterocycles. The molecule has 7 nitrogen and oxygen atoms in total. The lowest BCUT2D eigenvalue weighted by molar-refractivity contribution is 0.0388. The maximum Gasteiger partial charge on any atom is 0.263 e. The predicted molar refractivity (Wildman–Crippen MR) is 112 cm³/mol. The van der Waals surface area contributed by atoms with Gasteiger partial charge in [-0.05, 0) is 30.2 Å². The number of fused-ring (bicyclic) bond motifs is 1. The quantitative estimate of drug-likeness (QED) is 0.585. The van der Waals surface area contributed by atoms with Crippen molar-refractivity contribution >= 4 is 17.0 Å². The van der Waals surface area contributed by atoms with Crippen LogP contribution in [0.15, 0.2) is 65.6 Å². The van der Waals surface area contributed by atoms with E-state index in [0.29, 0.717) is 36.7 Å². The Bertz CT molecular complexity index is 1210.